The zero-order valence-electron chi connectivity index (χ0n) is 10.6. The van der Waals surface area contributed by atoms with Crippen molar-refractivity contribution in [3.05, 3.63) is 24.2 Å². The Balaban J connectivity index is 2.29. The predicted molar refractivity (Wildman–Crippen MR) is 69.5 cm³/mol. The van der Waals surface area contributed by atoms with Crippen LogP contribution in [0.3, 0.4) is 0 Å². The second kappa shape index (κ2) is 7.73. The number of aliphatic imine (C=N–C) groups is 1. The lowest BCUT2D eigenvalue weighted by molar-refractivity contribution is 0.481. The van der Waals surface area contributed by atoms with E-state index in [-0.39, 0.29) is 0 Å². The first-order valence-electron chi connectivity index (χ1n) is 6.06. The molecule has 1 aromatic rings. The lowest BCUT2D eigenvalue weighted by Crippen LogP contribution is -2.45. The molecule has 0 aliphatic heterocycles. The molecule has 0 saturated carbocycles. The minimum absolute atomic E-state index is 0.298. The number of hydrazine groups is 1. The van der Waals surface area contributed by atoms with Gasteiger partial charge in [0.1, 0.15) is 5.76 Å². The lowest BCUT2D eigenvalue weighted by atomic mass is 10.1. The molecule has 0 aliphatic carbocycles. The number of nitrogens with zero attached hydrogens (tertiary/aromatic N) is 1. The first kappa shape index (κ1) is 13.6. The van der Waals surface area contributed by atoms with Crippen molar-refractivity contribution in [3.8, 4) is 0 Å². The fraction of sp³-hybridized carbons (Fsp3) is 0.583. The molecule has 0 bridgehead atoms. The number of nitrogens with one attached hydrogen (secondary N) is 2. The van der Waals surface area contributed by atoms with Gasteiger partial charge in [0, 0.05) is 19.0 Å². The van der Waals surface area contributed by atoms with E-state index in [1.54, 1.807) is 6.26 Å². The highest BCUT2D eigenvalue weighted by molar-refractivity contribution is 5.79. The number of hydrogen-bond donors (Lipinski definition) is 3. The Morgan fingerprint density at radius 3 is 3.00 bits per heavy atom. The topological polar surface area (TPSA) is 75.6 Å². The van der Waals surface area contributed by atoms with E-state index in [9.17, 15) is 0 Å². The van der Waals surface area contributed by atoms with Gasteiger partial charge in [-0.1, -0.05) is 6.92 Å². The summed E-state index contributed by atoms with van der Waals surface area (Å²) in [6.45, 7) is 4.96. The molecule has 0 spiro atoms. The van der Waals surface area contributed by atoms with Crippen molar-refractivity contribution < 1.29 is 4.42 Å². The summed E-state index contributed by atoms with van der Waals surface area (Å²) in [7, 11) is 0. The van der Waals surface area contributed by atoms with E-state index in [1.807, 2.05) is 12.1 Å². The molecule has 96 valence electrons. The minimum Gasteiger partial charge on any atom is -0.469 e. The molecule has 17 heavy (non-hydrogen) atoms. The smallest absolute Gasteiger partial charge is 0.205 e. The third-order valence-electron chi connectivity index (χ3n) is 2.42. The lowest BCUT2D eigenvalue weighted by Gasteiger charge is -2.15. The van der Waals surface area contributed by atoms with Crippen molar-refractivity contribution >= 4 is 5.96 Å². The van der Waals surface area contributed by atoms with E-state index in [0.717, 1.165) is 31.6 Å². The third-order valence-corrected chi connectivity index (χ3v) is 2.42. The fourth-order valence-electron chi connectivity index (χ4n) is 1.48. The molecule has 1 aromatic heterocycles. The average molecular weight is 238 g/mol. The van der Waals surface area contributed by atoms with E-state index in [2.05, 4.69) is 29.6 Å². The standard InChI is InChI=1S/C12H22N4O/c1-3-8-14-12(16-13)15-10(2)6-7-11-5-4-9-17-11/h4-5,9-10H,3,6-8,13H2,1-2H3,(H2,14,15,16). The van der Waals surface area contributed by atoms with Gasteiger partial charge in [0.25, 0.3) is 0 Å². The van der Waals surface area contributed by atoms with Crippen molar-refractivity contribution in [1.82, 2.24) is 10.7 Å². The highest BCUT2D eigenvalue weighted by Gasteiger charge is 2.05. The summed E-state index contributed by atoms with van der Waals surface area (Å²) in [6.07, 6.45) is 4.59. The van der Waals surface area contributed by atoms with Gasteiger partial charge in [-0.05, 0) is 31.9 Å². The second-order valence-electron chi connectivity index (χ2n) is 4.04. The van der Waals surface area contributed by atoms with Crippen LogP contribution >= 0.6 is 0 Å². The molecule has 1 atom stereocenters. The molecule has 5 heteroatoms. The van der Waals surface area contributed by atoms with Crippen LogP contribution in [0, 0.1) is 0 Å². The number of rotatable bonds is 6. The number of aryl methyl sites for hydroxylation is 1. The van der Waals surface area contributed by atoms with Crippen LogP contribution in [-0.4, -0.2) is 18.5 Å². The summed E-state index contributed by atoms with van der Waals surface area (Å²) in [5, 5.41) is 3.24. The zero-order chi connectivity index (χ0) is 12.5. The van der Waals surface area contributed by atoms with E-state index in [0.29, 0.717) is 12.0 Å². The molecule has 0 radical (unpaired) electrons. The van der Waals surface area contributed by atoms with Gasteiger partial charge < -0.3 is 9.73 Å². The molecular weight excluding hydrogens is 216 g/mol. The first-order valence-corrected chi connectivity index (χ1v) is 6.06. The van der Waals surface area contributed by atoms with Crippen LogP contribution in [-0.2, 0) is 6.42 Å². The summed E-state index contributed by atoms with van der Waals surface area (Å²) in [4.78, 5) is 4.29. The average Bonchev–Trinajstić information content (AvgIpc) is 2.85. The monoisotopic (exact) mass is 238 g/mol. The van der Waals surface area contributed by atoms with Crippen molar-refractivity contribution in [2.24, 2.45) is 10.8 Å². The Morgan fingerprint density at radius 2 is 2.41 bits per heavy atom. The number of hydrogen-bond acceptors (Lipinski definition) is 3. The van der Waals surface area contributed by atoms with Crippen molar-refractivity contribution in [2.45, 2.75) is 39.2 Å². The Hall–Kier alpha value is -1.49. The van der Waals surface area contributed by atoms with Crippen LogP contribution < -0.4 is 16.6 Å². The summed E-state index contributed by atoms with van der Waals surface area (Å²) >= 11 is 0. The van der Waals surface area contributed by atoms with E-state index in [4.69, 9.17) is 10.3 Å². The molecule has 0 saturated heterocycles. The van der Waals surface area contributed by atoms with Crippen LogP contribution in [0.1, 0.15) is 32.4 Å². The van der Waals surface area contributed by atoms with Crippen molar-refractivity contribution in [1.29, 1.82) is 0 Å². The maximum Gasteiger partial charge on any atom is 0.205 e. The van der Waals surface area contributed by atoms with Gasteiger partial charge in [0.15, 0.2) is 0 Å². The SMILES string of the molecule is CCCN=C(NN)NC(C)CCc1ccco1. The van der Waals surface area contributed by atoms with Crippen LogP contribution in [0.2, 0.25) is 0 Å². The second-order valence-corrected chi connectivity index (χ2v) is 4.04. The minimum atomic E-state index is 0.298. The molecule has 0 amide bonds. The molecule has 4 N–H and O–H groups in total. The zero-order valence-corrected chi connectivity index (χ0v) is 10.6. The number of furan rings is 1. The maximum atomic E-state index is 5.39. The summed E-state index contributed by atoms with van der Waals surface area (Å²) in [5.74, 6) is 7.05. The van der Waals surface area contributed by atoms with E-state index < -0.39 is 0 Å². The van der Waals surface area contributed by atoms with Gasteiger partial charge in [-0.25, -0.2) is 5.84 Å². The third kappa shape index (κ3) is 5.40. The first-order chi connectivity index (χ1) is 8.26. The van der Waals surface area contributed by atoms with Crippen LogP contribution in [0.15, 0.2) is 27.8 Å². The van der Waals surface area contributed by atoms with Crippen LogP contribution in [0.4, 0.5) is 0 Å². The van der Waals surface area contributed by atoms with Gasteiger partial charge in [-0.15, -0.1) is 0 Å². The van der Waals surface area contributed by atoms with Gasteiger partial charge in [-0.2, -0.15) is 0 Å². The Kier molecular flexibility index (Phi) is 6.17. The molecule has 1 heterocycles. The highest BCUT2D eigenvalue weighted by atomic mass is 16.3. The molecule has 1 unspecified atom stereocenters. The Bertz CT molecular complexity index is 321. The largest absolute Gasteiger partial charge is 0.469 e. The Morgan fingerprint density at radius 1 is 1.59 bits per heavy atom. The fourth-order valence-corrected chi connectivity index (χ4v) is 1.48. The molecule has 0 fully saturated rings. The number of guanidine groups is 1. The molecular formula is C12H22N4O. The highest BCUT2D eigenvalue weighted by Crippen LogP contribution is 2.05. The van der Waals surface area contributed by atoms with Gasteiger partial charge in [0.05, 0.1) is 6.26 Å². The van der Waals surface area contributed by atoms with E-state index >= 15 is 0 Å². The van der Waals surface area contributed by atoms with Crippen LogP contribution in [0.25, 0.3) is 0 Å². The molecule has 5 nitrogen and oxygen atoms in total. The van der Waals surface area contributed by atoms with Crippen molar-refractivity contribution in [3.63, 3.8) is 0 Å². The van der Waals surface area contributed by atoms with E-state index in [1.165, 1.54) is 0 Å². The van der Waals surface area contributed by atoms with Gasteiger partial charge in [0.2, 0.25) is 5.96 Å². The molecule has 1 rings (SSSR count). The summed E-state index contributed by atoms with van der Waals surface area (Å²) in [5.41, 5.74) is 2.58. The summed E-state index contributed by atoms with van der Waals surface area (Å²) in [6, 6.07) is 4.19. The predicted octanol–water partition coefficient (Wildman–Crippen LogP) is 1.42. The maximum absolute atomic E-state index is 5.39. The van der Waals surface area contributed by atoms with Crippen molar-refractivity contribution in [2.75, 3.05) is 6.54 Å². The normalized spacial score (nSPS) is 13.5. The Labute approximate surface area is 102 Å². The summed E-state index contributed by atoms with van der Waals surface area (Å²) < 4.78 is 5.28. The molecule has 0 aromatic carbocycles. The van der Waals surface area contributed by atoms with Crippen LogP contribution in [0.5, 0.6) is 0 Å². The van der Waals surface area contributed by atoms with Gasteiger partial charge >= 0.3 is 0 Å². The quantitative estimate of drug-likeness (QED) is 0.303. The number of nitrogens with two attached hydrogens (primary N) is 1. The van der Waals surface area contributed by atoms with Gasteiger partial charge in [-0.3, -0.25) is 10.4 Å². The molecule has 0 aliphatic rings.